The maximum absolute atomic E-state index is 12.3. The average Bonchev–Trinajstić information content (AvgIpc) is 2.35. The molecule has 1 aliphatic rings. The molecule has 0 spiro atoms. The number of aliphatic hydroxyl groups is 1. The number of carbonyl (C=O) groups excluding carboxylic acids is 1. The predicted octanol–water partition coefficient (Wildman–Crippen LogP) is 1.92. The van der Waals surface area contributed by atoms with E-state index in [0.717, 1.165) is 0 Å². The summed E-state index contributed by atoms with van der Waals surface area (Å²) >= 11 is 6.08. The first-order valence-electron chi connectivity index (χ1n) is 5.96. The summed E-state index contributed by atoms with van der Waals surface area (Å²) in [6.07, 6.45) is -1.32. The van der Waals surface area contributed by atoms with Gasteiger partial charge >= 0.3 is 6.09 Å². The van der Waals surface area contributed by atoms with Gasteiger partial charge in [0.1, 0.15) is 11.6 Å². The molecule has 0 saturated heterocycles. The fourth-order valence-corrected chi connectivity index (χ4v) is 2.85. The van der Waals surface area contributed by atoms with Crippen molar-refractivity contribution < 1.29 is 19.8 Å². The van der Waals surface area contributed by atoms with E-state index in [1.54, 1.807) is 24.3 Å². The summed E-state index contributed by atoms with van der Waals surface area (Å²) in [5, 5.41) is 21.3. The van der Waals surface area contributed by atoms with E-state index < -0.39 is 23.5 Å². The van der Waals surface area contributed by atoms with Crippen LogP contribution in [0.3, 0.4) is 0 Å². The summed E-state index contributed by atoms with van der Waals surface area (Å²) in [6, 6.07) is 6.58. The van der Waals surface area contributed by atoms with Crippen molar-refractivity contribution in [3.63, 3.8) is 0 Å². The first-order valence-corrected chi connectivity index (χ1v) is 6.33. The summed E-state index contributed by atoms with van der Waals surface area (Å²) in [5.74, 6) is -0.547. The van der Waals surface area contributed by atoms with Gasteiger partial charge in [-0.3, -0.25) is 4.79 Å². The van der Waals surface area contributed by atoms with Gasteiger partial charge in [-0.2, -0.15) is 0 Å². The molecule has 2 atom stereocenters. The highest BCUT2D eigenvalue weighted by Crippen LogP contribution is 2.38. The van der Waals surface area contributed by atoms with Crippen molar-refractivity contribution in [2.75, 3.05) is 0 Å². The standard InChI is InChI=1S/C13H14ClNO4/c14-9-5-2-1-4-8(9)13(15-12(18)19)7-3-6-10(16)11(13)17/h1-2,4-5,10,15-16H,3,6-7H2,(H,18,19)/t10-,13-/m1/s1. The molecular weight excluding hydrogens is 270 g/mol. The zero-order valence-corrected chi connectivity index (χ0v) is 10.9. The van der Waals surface area contributed by atoms with Crippen LogP contribution < -0.4 is 5.32 Å². The zero-order chi connectivity index (χ0) is 14.0. The van der Waals surface area contributed by atoms with Crippen molar-refractivity contribution in [1.82, 2.24) is 5.32 Å². The number of benzene rings is 1. The largest absolute Gasteiger partial charge is 0.465 e. The highest BCUT2D eigenvalue weighted by molar-refractivity contribution is 6.31. The zero-order valence-electron chi connectivity index (χ0n) is 10.1. The number of aliphatic hydroxyl groups excluding tert-OH is 1. The van der Waals surface area contributed by atoms with Gasteiger partial charge in [-0.15, -0.1) is 0 Å². The van der Waals surface area contributed by atoms with Crippen molar-refractivity contribution in [2.24, 2.45) is 0 Å². The van der Waals surface area contributed by atoms with Gasteiger partial charge in [0, 0.05) is 10.6 Å². The molecule has 3 N–H and O–H groups in total. The van der Waals surface area contributed by atoms with E-state index >= 15 is 0 Å². The van der Waals surface area contributed by atoms with Crippen LogP contribution >= 0.6 is 11.6 Å². The van der Waals surface area contributed by atoms with Gasteiger partial charge in [0.25, 0.3) is 0 Å². The lowest BCUT2D eigenvalue weighted by Gasteiger charge is -2.38. The highest BCUT2D eigenvalue weighted by Gasteiger charge is 2.47. The highest BCUT2D eigenvalue weighted by atomic mass is 35.5. The Bertz CT molecular complexity index is 519. The van der Waals surface area contributed by atoms with Crippen LogP contribution in [0.5, 0.6) is 0 Å². The monoisotopic (exact) mass is 283 g/mol. The van der Waals surface area contributed by atoms with E-state index in [1.807, 2.05) is 0 Å². The molecule has 1 aromatic carbocycles. The van der Waals surface area contributed by atoms with Crippen molar-refractivity contribution >= 4 is 23.5 Å². The Hall–Kier alpha value is -1.59. The van der Waals surface area contributed by atoms with Crippen LogP contribution in [0.25, 0.3) is 0 Å². The second-order valence-corrected chi connectivity index (χ2v) is 4.99. The molecule has 102 valence electrons. The number of amides is 1. The van der Waals surface area contributed by atoms with E-state index in [1.165, 1.54) is 0 Å². The number of Topliss-reactive ketones (excluding diaryl/α,β-unsaturated/α-hetero) is 1. The third-order valence-electron chi connectivity index (χ3n) is 3.41. The van der Waals surface area contributed by atoms with E-state index in [9.17, 15) is 14.7 Å². The summed E-state index contributed by atoms with van der Waals surface area (Å²) in [5.41, 5.74) is -1.07. The van der Waals surface area contributed by atoms with Gasteiger partial charge < -0.3 is 15.5 Å². The molecule has 1 aliphatic carbocycles. The smallest absolute Gasteiger partial charge is 0.405 e. The van der Waals surface area contributed by atoms with Crippen molar-refractivity contribution in [3.8, 4) is 0 Å². The Balaban J connectivity index is 2.54. The first-order chi connectivity index (χ1) is 8.97. The van der Waals surface area contributed by atoms with Gasteiger partial charge in [-0.1, -0.05) is 29.8 Å². The van der Waals surface area contributed by atoms with E-state index in [2.05, 4.69) is 5.32 Å². The molecule has 1 amide bonds. The quantitative estimate of drug-likeness (QED) is 0.774. The SMILES string of the molecule is O=C(O)N[C@@]1(c2ccccc2Cl)CCC[C@@H](O)C1=O. The third kappa shape index (κ3) is 2.43. The van der Waals surface area contributed by atoms with Crippen molar-refractivity contribution in [2.45, 2.75) is 30.9 Å². The molecule has 19 heavy (non-hydrogen) atoms. The second-order valence-electron chi connectivity index (χ2n) is 4.59. The molecule has 0 aromatic heterocycles. The number of hydrogen-bond donors (Lipinski definition) is 3. The Morgan fingerprint density at radius 2 is 2.11 bits per heavy atom. The molecule has 1 saturated carbocycles. The summed E-state index contributed by atoms with van der Waals surface area (Å²) in [4.78, 5) is 23.3. The second kappa shape index (κ2) is 5.19. The van der Waals surface area contributed by atoms with Gasteiger partial charge in [-0.25, -0.2) is 4.79 Å². The fourth-order valence-electron chi connectivity index (χ4n) is 2.55. The molecule has 0 radical (unpaired) electrons. The van der Waals surface area contributed by atoms with Gasteiger partial charge in [-0.05, 0) is 25.3 Å². The molecule has 0 heterocycles. The number of carboxylic acid groups (broad SMARTS) is 1. The minimum absolute atomic E-state index is 0.291. The summed E-state index contributed by atoms with van der Waals surface area (Å²) in [6.45, 7) is 0. The maximum Gasteiger partial charge on any atom is 0.405 e. The molecule has 2 rings (SSSR count). The summed E-state index contributed by atoms with van der Waals surface area (Å²) < 4.78 is 0. The molecule has 5 nitrogen and oxygen atoms in total. The molecule has 0 aliphatic heterocycles. The van der Waals surface area contributed by atoms with E-state index in [0.29, 0.717) is 29.8 Å². The van der Waals surface area contributed by atoms with Crippen LogP contribution in [0.1, 0.15) is 24.8 Å². The van der Waals surface area contributed by atoms with Crippen LogP contribution in [0, 0.1) is 0 Å². The predicted molar refractivity (Wildman–Crippen MR) is 69.2 cm³/mol. The Morgan fingerprint density at radius 1 is 1.42 bits per heavy atom. The number of rotatable bonds is 2. The molecule has 0 bridgehead atoms. The van der Waals surface area contributed by atoms with Gasteiger partial charge in [0.05, 0.1) is 0 Å². The Kier molecular flexibility index (Phi) is 3.78. The lowest BCUT2D eigenvalue weighted by molar-refractivity contribution is -0.137. The normalized spacial score (nSPS) is 27.1. The third-order valence-corrected chi connectivity index (χ3v) is 3.74. The fraction of sp³-hybridized carbons (Fsp3) is 0.385. The number of nitrogens with one attached hydrogen (secondary N) is 1. The Morgan fingerprint density at radius 3 is 2.74 bits per heavy atom. The van der Waals surface area contributed by atoms with Crippen LogP contribution in [-0.2, 0) is 10.3 Å². The molecule has 1 aromatic rings. The van der Waals surface area contributed by atoms with Crippen molar-refractivity contribution in [1.29, 1.82) is 0 Å². The van der Waals surface area contributed by atoms with E-state index in [-0.39, 0.29) is 0 Å². The molecular formula is C13H14ClNO4. The molecule has 1 fully saturated rings. The number of hydrogen-bond acceptors (Lipinski definition) is 3. The van der Waals surface area contributed by atoms with Crippen LogP contribution in [0.15, 0.2) is 24.3 Å². The lowest BCUT2D eigenvalue weighted by atomic mass is 9.74. The summed E-state index contributed by atoms with van der Waals surface area (Å²) in [7, 11) is 0. The number of halogens is 1. The van der Waals surface area contributed by atoms with Crippen LogP contribution in [0.2, 0.25) is 5.02 Å². The Labute approximate surface area is 115 Å². The molecule has 0 unspecified atom stereocenters. The van der Waals surface area contributed by atoms with Gasteiger partial charge in [0.15, 0.2) is 5.78 Å². The van der Waals surface area contributed by atoms with Crippen molar-refractivity contribution in [3.05, 3.63) is 34.9 Å². The van der Waals surface area contributed by atoms with Crippen LogP contribution in [0.4, 0.5) is 4.79 Å². The first kappa shape index (κ1) is 13.8. The minimum Gasteiger partial charge on any atom is -0.465 e. The van der Waals surface area contributed by atoms with Gasteiger partial charge in [0.2, 0.25) is 0 Å². The maximum atomic E-state index is 12.3. The lowest BCUT2D eigenvalue weighted by Crippen LogP contribution is -2.57. The number of ketones is 1. The van der Waals surface area contributed by atoms with Crippen LogP contribution in [-0.4, -0.2) is 28.2 Å². The minimum atomic E-state index is -1.46. The molecule has 6 heteroatoms. The topological polar surface area (TPSA) is 86.6 Å². The average molecular weight is 284 g/mol. The van der Waals surface area contributed by atoms with E-state index in [4.69, 9.17) is 16.7 Å². The number of carbonyl (C=O) groups is 2.